The summed E-state index contributed by atoms with van der Waals surface area (Å²) in [4.78, 5) is 48.4. The molecular weight excluding hydrogens is 479 g/mol. The van der Waals surface area contributed by atoms with E-state index in [0.29, 0.717) is 17.4 Å². The summed E-state index contributed by atoms with van der Waals surface area (Å²) >= 11 is 0. The van der Waals surface area contributed by atoms with Gasteiger partial charge in [0.1, 0.15) is 23.2 Å². The molecule has 3 aliphatic rings. The minimum absolute atomic E-state index is 0.105. The number of piperazine rings is 1. The quantitative estimate of drug-likeness (QED) is 0.487. The van der Waals surface area contributed by atoms with Crippen molar-refractivity contribution in [1.82, 2.24) is 24.3 Å². The maximum Gasteiger partial charge on any atom is 0.329 e. The zero-order valence-corrected chi connectivity index (χ0v) is 20.6. The van der Waals surface area contributed by atoms with Gasteiger partial charge in [-0.1, -0.05) is 0 Å². The number of pyridine rings is 1. The van der Waals surface area contributed by atoms with Gasteiger partial charge in [-0.3, -0.25) is 28.9 Å². The summed E-state index contributed by atoms with van der Waals surface area (Å²) in [5.41, 5.74) is 7.64. The number of carbonyl (C=O) groups is 2. The zero-order chi connectivity index (χ0) is 25.8. The Morgan fingerprint density at radius 2 is 1.76 bits per heavy atom. The number of aromatic nitrogens is 3. The van der Waals surface area contributed by atoms with E-state index in [4.69, 9.17) is 5.73 Å². The summed E-state index contributed by atoms with van der Waals surface area (Å²) < 4.78 is 17.7. The number of hydrogen-bond acceptors (Lipinski definition) is 8. The van der Waals surface area contributed by atoms with Gasteiger partial charge in [0.25, 0.3) is 0 Å². The number of fused-ring (bicyclic) bond motifs is 1. The number of imide groups is 1. The number of imidazole rings is 1. The van der Waals surface area contributed by atoms with Gasteiger partial charge in [0, 0.05) is 58.8 Å². The van der Waals surface area contributed by atoms with E-state index in [-0.39, 0.29) is 24.3 Å². The Morgan fingerprint density at radius 3 is 2.43 bits per heavy atom. The number of nitrogens with two attached hydrogens (primary N) is 1. The lowest BCUT2D eigenvalue weighted by molar-refractivity contribution is -0.135. The first-order chi connectivity index (χ1) is 17.8. The number of halogens is 1. The van der Waals surface area contributed by atoms with Crippen molar-refractivity contribution in [3.63, 3.8) is 0 Å². The van der Waals surface area contributed by atoms with E-state index in [0.717, 1.165) is 50.6 Å². The van der Waals surface area contributed by atoms with Crippen LogP contribution in [0.25, 0.3) is 11.0 Å². The Bertz CT molecular complexity index is 1430. The van der Waals surface area contributed by atoms with Crippen LogP contribution >= 0.6 is 0 Å². The highest BCUT2D eigenvalue weighted by Gasteiger charge is 2.37. The standard InChI is InChI=1S/C25H29FN8O3/c1-30-23-18(4-3-17(26)22(23)34(25(30)37)19-5-7-21(35)29-24(19)36)33-13-16(14-33)32-10-8-31(9-11-32)15-2-6-20(27)28-12-15/h2-4,6,12,16,19H,5,7-11,13-14H2,1H3,(H2,27,28)(H,29,35,36). The summed E-state index contributed by atoms with van der Waals surface area (Å²) in [6, 6.07) is 6.31. The third-order valence-electron chi connectivity index (χ3n) is 7.84. The van der Waals surface area contributed by atoms with Crippen molar-refractivity contribution < 1.29 is 14.0 Å². The minimum atomic E-state index is -0.921. The predicted octanol–water partition coefficient (Wildman–Crippen LogP) is 0.445. The second-order valence-electron chi connectivity index (χ2n) is 9.97. The normalized spacial score (nSPS) is 21.4. The molecule has 2 amide bonds. The van der Waals surface area contributed by atoms with Gasteiger partial charge >= 0.3 is 5.69 Å². The molecular formula is C25H29FN8O3. The molecule has 37 heavy (non-hydrogen) atoms. The predicted molar refractivity (Wildman–Crippen MR) is 137 cm³/mol. The monoisotopic (exact) mass is 508 g/mol. The van der Waals surface area contributed by atoms with E-state index in [1.165, 1.54) is 15.2 Å². The number of hydrogen-bond donors (Lipinski definition) is 2. The highest BCUT2D eigenvalue weighted by Crippen LogP contribution is 2.34. The number of nitrogens with zero attached hydrogens (tertiary/aromatic N) is 6. The highest BCUT2D eigenvalue weighted by atomic mass is 19.1. The van der Waals surface area contributed by atoms with E-state index in [1.807, 2.05) is 12.1 Å². The minimum Gasteiger partial charge on any atom is -0.384 e. The molecule has 194 valence electrons. The molecule has 3 N–H and O–H groups in total. The third kappa shape index (κ3) is 3.91. The summed E-state index contributed by atoms with van der Waals surface area (Å²) in [7, 11) is 1.60. The second kappa shape index (κ2) is 8.87. The Morgan fingerprint density at radius 1 is 1.00 bits per heavy atom. The van der Waals surface area contributed by atoms with Gasteiger partial charge in [0.2, 0.25) is 11.8 Å². The molecule has 1 aromatic carbocycles. The van der Waals surface area contributed by atoms with Crippen LogP contribution in [0.15, 0.2) is 35.3 Å². The molecule has 1 unspecified atom stereocenters. The van der Waals surface area contributed by atoms with E-state index < -0.39 is 23.5 Å². The largest absolute Gasteiger partial charge is 0.384 e. The van der Waals surface area contributed by atoms with Crippen LogP contribution < -0.4 is 26.5 Å². The first-order valence-corrected chi connectivity index (χ1v) is 12.5. The van der Waals surface area contributed by atoms with Crippen LogP contribution in [0.4, 0.5) is 21.6 Å². The summed E-state index contributed by atoms with van der Waals surface area (Å²) in [5.74, 6) is -1.01. The summed E-state index contributed by atoms with van der Waals surface area (Å²) in [6.45, 7) is 5.17. The third-order valence-corrected chi connectivity index (χ3v) is 7.84. The molecule has 11 nitrogen and oxygen atoms in total. The Hall–Kier alpha value is -3.93. The van der Waals surface area contributed by atoms with E-state index in [9.17, 15) is 14.4 Å². The Labute approximate surface area is 212 Å². The number of aryl methyl sites for hydroxylation is 1. The molecule has 0 saturated carbocycles. The van der Waals surface area contributed by atoms with Gasteiger partial charge < -0.3 is 15.5 Å². The first-order valence-electron chi connectivity index (χ1n) is 12.5. The van der Waals surface area contributed by atoms with E-state index >= 15 is 4.39 Å². The number of anilines is 3. The van der Waals surface area contributed by atoms with Gasteiger partial charge in [-0.2, -0.15) is 0 Å². The average Bonchev–Trinajstić information content (AvgIpc) is 3.12. The van der Waals surface area contributed by atoms with Crippen molar-refractivity contribution in [2.24, 2.45) is 7.05 Å². The van der Waals surface area contributed by atoms with Crippen molar-refractivity contribution in [3.05, 3.63) is 46.8 Å². The van der Waals surface area contributed by atoms with Crippen LogP contribution in [0.3, 0.4) is 0 Å². The van der Waals surface area contributed by atoms with Crippen molar-refractivity contribution in [2.45, 2.75) is 24.9 Å². The van der Waals surface area contributed by atoms with Crippen LogP contribution in [0.1, 0.15) is 18.9 Å². The molecule has 3 aliphatic heterocycles. The van der Waals surface area contributed by atoms with Gasteiger partial charge in [0.05, 0.1) is 23.1 Å². The van der Waals surface area contributed by atoms with Crippen molar-refractivity contribution in [3.8, 4) is 0 Å². The molecule has 3 aromatic rings. The molecule has 0 radical (unpaired) electrons. The highest BCUT2D eigenvalue weighted by molar-refractivity contribution is 6.00. The number of benzene rings is 1. The van der Waals surface area contributed by atoms with Gasteiger partial charge in [-0.25, -0.2) is 14.2 Å². The van der Waals surface area contributed by atoms with Crippen molar-refractivity contribution in [1.29, 1.82) is 0 Å². The molecule has 2 aromatic heterocycles. The molecule has 3 saturated heterocycles. The number of nitrogens with one attached hydrogen (secondary N) is 1. The SMILES string of the molecule is Cn1c(=O)n(C2CCC(=O)NC2=O)c2c(F)ccc(N3CC(N4CCN(c5ccc(N)nc5)CC4)C3)c21. The second-order valence-corrected chi connectivity index (χ2v) is 9.97. The zero-order valence-electron chi connectivity index (χ0n) is 20.6. The molecule has 3 fully saturated rings. The molecule has 5 heterocycles. The molecule has 0 aliphatic carbocycles. The lowest BCUT2D eigenvalue weighted by atomic mass is 10.0. The van der Waals surface area contributed by atoms with E-state index in [2.05, 4.69) is 25.0 Å². The summed E-state index contributed by atoms with van der Waals surface area (Å²) in [6.07, 6.45) is 2.08. The fourth-order valence-corrected chi connectivity index (χ4v) is 5.74. The van der Waals surface area contributed by atoms with Crippen LogP contribution in [-0.2, 0) is 16.6 Å². The number of rotatable bonds is 4. The lowest BCUT2D eigenvalue weighted by Gasteiger charge is -2.49. The topological polar surface area (TPSA) is 122 Å². The number of piperidine rings is 1. The van der Waals surface area contributed by atoms with Gasteiger partial charge in [-0.15, -0.1) is 0 Å². The maximum absolute atomic E-state index is 15.1. The molecule has 1 atom stereocenters. The molecule has 0 spiro atoms. The maximum atomic E-state index is 15.1. The first kappa shape index (κ1) is 23.5. The summed E-state index contributed by atoms with van der Waals surface area (Å²) in [5, 5.41) is 2.27. The van der Waals surface area contributed by atoms with Crippen molar-refractivity contribution in [2.75, 3.05) is 54.8 Å². The Kier molecular flexibility index (Phi) is 5.63. The van der Waals surface area contributed by atoms with Gasteiger partial charge in [-0.05, 0) is 30.7 Å². The smallest absolute Gasteiger partial charge is 0.329 e. The fourth-order valence-electron chi connectivity index (χ4n) is 5.74. The van der Waals surface area contributed by atoms with Crippen LogP contribution in [0.5, 0.6) is 0 Å². The number of nitrogen functional groups attached to an aromatic ring is 1. The number of amides is 2. The van der Waals surface area contributed by atoms with Crippen LogP contribution in [0, 0.1) is 5.82 Å². The van der Waals surface area contributed by atoms with Gasteiger partial charge in [0.15, 0.2) is 0 Å². The van der Waals surface area contributed by atoms with E-state index in [1.54, 1.807) is 19.3 Å². The lowest BCUT2D eigenvalue weighted by Crippen LogP contribution is -2.63. The molecule has 12 heteroatoms. The number of carbonyl (C=O) groups excluding carboxylic acids is 2. The van der Waals surface area contributed by atoms with Crippen LogP contribution in [-0.4, -0.2) is 76.1 Å². The molecule has 0 bridgehead atoms. The van der Waals surface area contributed by atoms with Crippen molar-refractivity contribution >= 4 is 40.0 Å². The fraction of sp³-hybridized carbons (Fsp3) is 0.440. The Balaban J connectivity index is 1.20. The van der Waals surface area contributed by atoms with Crippen LogP contribution in [0.2, 0.25) is 0 Å². The average molecular weight is 509 g/mol. The molecule has 6 rings (SSSR count).